The van der Waals surface area contributed by atoms with Gasteiger partial charge in [-0.25, -0.2) is 8.42 Å². The summed E-state index contributed by atoms with van der Waals surface area (Å²) in [6.07, 6.45) is 0. The maximum Gasteiger partial charge on any atom is 0.321 e. The van der Waals surface area contributed by atoms with Gasteiger partial charge in [0, 0.05) is 7.05 Å². The van der Waals surface area contributed by atoms with Gasteiger partial charge in [-0.15, -0.1) is 0 Å². The zero-order valence-corrected chi connectivity index (χ0v) is 15.8. The zero-order valence-electron chi connectivity index (χ0n) is 15.0. The van der Waals surface area contributed by atoms with E-state index in [1.54, 1.807) is 45.0 Å². The van der Waals surface area contributed by atoms with Gasteiger partial charge in [0.05, 0.1) is 4.90 Å². The molecule has 0 fully saturated rings. The molecule has 23 heavy (non-hydrogen) atoms. The Morgan fingerprint density at radius 3 is 1.91 bits per heavy atom. The lowest BCUT2D eigenvalue weighted by molar-refractivity contribution is -0.154. The summed E-state index contributed by atoms with van der Waals surface area (Å²) in [7, 11) is -2.35. The van der Waals surface area contributed by atoms with E-state index in [4.69, 9.17) is 4.74 Å². The Balaban J connectivity index is 2.92. The van der Waals surface area contributed by atoms with Crippen LogP contribution in [-0.2, 0) is 25.0 Å². The fourth-order valence-corrected chi connectivity index (χ4v) is 3.06. The predicted molar refractivity (Wildman–Crippen MR) is 90.8 cm³/mol. The molecule has 0 N–H and O–H groups in total. The maximum absolute atomic E-state index is 12.5. The standard InChI is InChI=1S/C17H27NO4S/c1-16(2,3)13-8-10-14(11-9-13)23(20,21)18(7)12-15(19)22-17(4,5)6/h8-11H,12H2,1-7H3. The molecule has 1 aromatic rings. The molecular weight excluding hydrogens is 314 g/mol. The number of rotatable bonds is 4. The normalized spacial score (nSPS) is 13.2. The summed E-state index contributed by atoms with van der Waals surface area (Å²) in [5.74, 6) is -0.574. The molecule has 0 atom stereocenters. The molecule has 130 valence electrons. The molecule has 0 amide bonds. The summed E-state index contributed by atoms with van der Waals surface area (Å²) < 4.78 is 31.2. The number of nitrogens with zero attached hydrogens (tertiary/aromatic N) is 1. The third-order valence-electron chi connectivity index (χ3n) is 3.20. The van der Waals surface area contributed by atoms with Crippen LogP contribution < -0.4 is 0 Å². The smallest absolute Gasteiger partial charge is 0.321 e. The van der Waals surface area contributed by atoms with Crippen LogP contribution in [-0.4, -0.2) is 37.9 Å². The maximum atomic E-state index is 12.5. The molecule has 6 heteroatoms. The SMILES string of the molecule is CN(CC(=O)OC(C)(C)C)S(=O)(=O)c1ccc(C(C)(C)C)cc1. The van der Waals surface area contributed by atoms with Crippen LogP contribution in [0.4, 0.5) is 0 Å². The number of benzene rings is 1. The lowest BCUT2D eigenvalue weighted by Gasteiger charge is -2.23. The Labute approximate surface area is 139 Å². The molecule has 0 bridgehead atoms. The summed E-state index contributed by atoms with van der Waals surface area (Å²) in [5.41, 5.74) is 0.354. The number of sulfonamides is 1. The molecule has 0 aliphatic rings. The highest BCUT2D eigenvalue weighted by Crippen LogP contribution is 2.24. The van der Waals surface area contributed by atoms with Crippen molar-refractivity contribution >= 4 is 16.0 Å². The van der Waals surface area contributed by atoms with Crippen molar-refractivity contribution in [3.63, 3.8) is 0 Å². The van der Waals surface area contributed by atoms with E-state index in [9.17, 15) is 13.2 Å². The van der Waals surface area contributed by atoms with Crippen LogP contribution in [0, 0.1) is 0 Å². The Bertz CT molecular complexity index is 649. The van der Waals surface area contributed by atoms with Crippen molar-refractivity contribution in [3.8, 4) is 0 Å². The van der Waals surface area contributed by atoms with E-state index in [-0.39, 0.29) is 16.9 Å². The first-order valence-electron chi connectivity index (χ1n) is 7.52. The molecule has 0 unspecified atom stereocenters. The fourth-order valence-electron chi connectivity index (χ4n) is 1.95. The average Bonchev–Trinajstić information content (AvgIpc) is 2.35. The van der Waals surface area contributed by atoms with Gasteiger partial charge in [-0.3, -0.25) is 4.79 Å². The lowest BCUT2D eigenvalue weighted by atomic mass is 9.87. The molecular formula is C17H27NO4S. The number of hydrogen-bond acceptors (Lipinski definition) is 4. The summed E-state index contributed by atoms with van der Waals surface area (Å²) >= 11 is 0. The van der Waals surface area contributed by atoms with E-state index in [0.29, 0.717) is 0 Å². The van der Waals surface area contributed by atoms with Gasteiger partial charge < -0.3 is 4.74 Å². The summed E-state index contributed by atoms with van der Waals surface area (Å²) in [4.78, 5) is 12.0. The van der Waals surface area contributed by atoms with Gasteiger partial charge in [0.1, 0.15) is 12.1 Å². The highest BCUT2D eigenvalue weighted by molar-refractivity contribution is 7.89. The van der Waals surface area contributed by atoms with Crippen LogP contribution in [0.3, 0.4) is 0 Å². The number of ether oxygens (including phenoxy) is 1. The molecule has 0 spiro atoms. The van der Waals surface area contributed by atoms with Crippen LogP contribution in [0.25, 0.3) is 0 Å². The van der Waals surface area contributed by atoms with Gasteiger partial charge in [-0.05, 0) is 43.9 Å². The number of hydrogen-bond donors (Lipinski definition) is 0. The van der Waals surface area contributed by atoms with Gasteiger partial charge in [0.25, 0.3) is 0 Å². The quantitative estimate of drug-likeness (QED) is 0.790. The van der Waals surface area contributed by atoms with Crippen LogP contribution in [0.2, 0.25) is 0 Å². The Morgan fingerprint density at radius 1 is 1.04 bits per heavy atom. The second kappa shape index (κ2) is 6.61. The van der Waals surface area contributed by atoms with Crippen LogP contribution in [0.15, 0.2) is 29.2 Å². The molecule has 1 aromatic carbocycles. The first-order chi connectivity index (χ1) is 10.2. The third-order valence-corrected chi connectivity index (χ3v) is 5.02. The minimum atomic E-state index is -3.72. The van der Waals surface area contributed by atoms with E-state index in [1.807, 2.05) is 0 Å². The molecule has 0 saturated carbocycles. The molecule has 0 heterocycles. The second-order valence-electron chi connectivity index (χ2n) is 7.62. The van der Waals surface area contributed by atoms with E-state index < -0.39 is 21.6 Å². The van der Waals surface area contributed by atoms with Gasteiger partial charge >= 0.3 is 5.97 Å². The molecule has 0 aliphatic heterocycles. The van der Waals surface area contributed by atoms with E-state index in [2.05, 4.69) is 20.8 Å². The third kappa shape index (κ3) is 5.62. The Morgan fingerprint density at radius 2 is 1.52 bits per heavy atom. The molecule has 0 aliphatic carbocycles. The highest BCUT2D eigenvalue weighted by atomic mass is 32.2. The van der Waals surface area contributed by atoms with Gasteiger partial charge in [0.15, 0.2) is 0 Å². The van der Waals surface area contributed by atoms with Crippen molar-refractivity contribution in [3.05, 3.63) is 29.8 Å². The minimum absolute atomic E-state index is 0.0509. The topological polar surface area (TPSA) is 63.7 Å². The monoisotopic (exact) mass is 341 g/mol. The van der Waals surface area contributed by atoms with Crippen molar-refractivity contribution < 1.29 is 17.9 Å². The summed E-state index contributed by atoms with van der Waals surface area (Å²) in [5, 5.41) is 0. The molecule has 0 saturated heterocycles. The summed E-state index contributed by atoms with van der Waals surface area (Å²) in [6, 6.07) is 6.74. The van der Waals surface area contributed by atoms with Crippen molar-refractivity contribution in [1.82, 2.24) is 4.31 Å². The van der Waals surface area contributed by atoms with E-state index in [0.717, 1.165) is 9.87 Å². The lowest BCUT2D eigenvalue weighted by Crippen LogP contribution is -2.36. The van der Waals surface area contributed by atoms with Crippen LogP contribution in [0.1, 0.15) is 47.1 Å². The van der Waals surface area contributed by atoms with Crippen LogP contribution >= 0.6 is 0 Å². The van der Waals surface area contributed by atoms with Crippen molar-refractivity contribution in [2.24, 2.45) is 0 Å². The molecule has 0 aromatic heterocycles. The number of likely N-dealkylation sites (N-methyl/N-ethyl adjacent to an activating group) is 1. The number of carbonyl (C=O) groups excluding carboxylic acids is 1. The predicted octanol–water partition coefficient (Wildman–Crippen LogP) is 2.95. The zero-order chi connectivity index (χ0) is 18.1. The Kier molecular flexibility index (Phi) is 5.65. The van der Waals surface area contributed by atoms with Crippen molar-refractivity contribution in [2.75, 3.05) is 13.6 Å². The first-order valence-corrected chi connectivity index (χ1v) is 8.96. The van der Waals surface area contributed by atoms with Crippen LogP contribution in [0.5, 0.6) is 0 Å². The summed E-state index contributed by atoms with van der Waals surface area (Å²) in [6.45, 7) is 11.1. The number of esters is 1. The van der Waals surface area contributed by atoms with E-state index >= 15 is 0 Å². The molecule has 1 rings (SSSR count). The minimum Gasteiger partial charge on any atom is -0.459 e. The van der Waals surface area contributed by atoms with Crippen molar-refractivity contribution in [2.45, 2.75) is 57.5 Å². The molecule has 5 nitrogen and oxygen atoms in total. The highest BCUT2D eigenvalue weighted by Gasteiger charge is 2.26. The average molecular weight is 341 g/mol. The van der Waals surface area contributed by atoms with E-state index in [1.165, 1.54) is 7.05 Å². The van der Waals surface area contributed by atoms with Gasteiger partial charge in [-0.2, -0.15) is 4.31 Å². The largest absolute Gasteiger partial charge is 0.459 e. The van der Waals surface area contributed by atoms with Crippen molar-refractivity contribution in [1.29, 1.82) is 0 Å². The first kappa shape index (κ1) is 19.6. The Hall–Kier alpha value is -1.40. The van der Waals surface area contributed by atoms with Gasteiger partial charge in [0.2, 0.25) is 10.0 Å². The number of carbonyl (C=O) groups is 1. The fraction of sp³-hybridized carbons (Fsp3) is 0.588. The second-order valence-corrected chi connectivity index (χ2v) is 9.67. The van der Waals surface area contributed by atoms with Gasteiger partial charge in [-0.1, -0.05) is 32.9 Å². The molecule has 0 radical (unpaired) electrons.